The molecule has 0 heterocycles. The Hall–Kier alpha value is -1.45. The minimum Gasteiger partial charge on any atom is -0.504 e. The molecule has 2 rings (SSSR count). The highest BCUT2D eigenvalue weighted by Gasteiger charge is 2.05. The van der Waals surface area contributed by atoms with Crippen LogP contribution in [0.15, 0.2) is 30.3 Å². The molecule has 0 spiro atoms. The van der Waals surface area contributed by atoms with Crippen molar-refractivity contribution in [2.24, 2.45) is 0 Å². The Morgan fingerprint density at radius 3 is 2.05 bits per heavy atom. The Kier molecular flexibility index (Phi) is 5.45. The summed E-state index contributed by atoms with van der Waals surface area (Å²) in [6.45, 7) is 7.25. The van der Waals surface area contributed by atoms with Crippen molar-refractivity contribution in [3.05, 3.63) is 35.9 Å². The molecule has 3 nitrogen and oxygen atoms in total. The standard InChI is InChI=1S/C15H19NO2.ClH/c1-3-16(4-2)10-11-5-6-12-8-14(17)15(18)9-13(12)7-11;/h5-9,17-18H,3-4,10H2,1-2H3;1H. The summed E-state index contributed by atoms with van der Waals surface area (Å²) in [5.74, 6) is -0.138. The van der Waals surface area contributed by atoms with Gasteiger partial charge in [0, 0.05) is 6.54 Å². The van der Waals surface area contributed by atoms with E-state index >= 15 is 0 Å². The number of hydrogen-bond donors (Lipinski definition) is 2. The molecule has 4 heteroatoms. The van der Waals surface area contributed by atoms with Crippen LogP contribution in [0.3, 0.4) is 0 Å². The summed E-state index contributed by atoms with van der Waals surface area (Å²) in [7, 11) is 0. The molecule has 19 heavy (non-hydrogen) atoms. The Morgan fingerprint density at radius 2 is 1.47 bits per heavy atom. The first kappa shape index (κ1) is 15.6. The molecule has 0 aliphatic heterocycles. The van der Waals surface area contributed by atoms with E-state index in [0.29, 0.717) is 0 Å². The first-order valence-electron chi connectivity index (χ1n) is 6.31. The number of nitrogens with zero attached hydrogens (tertiary/aromatic N) is 1. The second-order valence-electron chi connectivity index (χ2n) is 4.48. The van der Waals surface area contributed by atoms with Crippen LogP contribution >= 0.6 is 12.4 Å². The van der Waals surface area contributed by atoms with Crippen molar-refractivity contribution in [2.75, 3.05) is 13.1 Å². The summed E-state index contributed by atoms with van der Waals surface area (Å²) in [5.41, 5.74) is 1.22. The highest BCUT2D eigenvalue weighted by Crippen LogP contribution is 2.30. The lowest BCUT2D eigenvalue weighted by Gasteiger charge is -2.18. The van der Waals surface area contributed by atoms with Crippen molar-refractivity contribution in [2.45, 2.75) is 20.4 Å². The smallest absolute Gasteiger partial charge is 0.158 e. The molecule has 0 aliphatic carbocycles. The van der Waals surface area contributed by atoms with E-state index in [1.165, 1.54) is 5.56 Å². The Bertz CT molecular complexity index is 553. The molecule has 2 N–H and O–H groups in total. The van der Waals surface area contributed by atoms with Gasteiger partial charge in [-0.15, -0.1) is 12.4 Å². The Labute approximate surface area is 119 Å². The number of phenols is 2. The third-order valence-electron chi connectivity index (χ3n) is 3.30. The van der Waals surface area contributed by atoms with Gasteiger partial charge in [0.2, 0.25) is 0 Å². The van der Waals surface area contributed by atoms with Crippen LogP contribution in [0.2, 0.25) is 0 Å². The molecule has 0 atom stereocenters. The van der Waals surface area contributed by atoms with Gasteiger partial charge >= 0.3 is 0 Å². The van der Waals surface area contributed by atoms with Gasteiger partial charge in [0.25, 0.3) is 0 Å². The summed E-state index contributed by atoms with van der Waals surface area (Å²) in [5, 5.41) is 20.9. The average molecular weight is 282 g/mol. The molecule has 2 aromatic rings. The summed E-state index contributed by atoms with van der Waals surface area (Å²) < 4.78 is 0. The van der Waals surface area contributed by atoms with Gasteiger partial charge in [0.1, 0.15) is 0 Å². The van der Waals surface area contributed by atoms with Crippen LogP contribution in [0.1, 0.15) is 19.4 Å². The van der Waals surface area contributed by atoms with E-state index in [0.717, 1.165) is 30.4 Å². The zero-order chi connectivity index (χ0) is 13.1. The molecular formula is C15H20ClNO2. The van der Waals surface area contributed by atoms with Gasteiger partial charge in [-0.05, 0) is 47.6 Å². The maximum absolute atomic E-state index is 9.52. The fourth-order valence-electron chi connectivity index (χ4n) is 2.13. The third-order valence-corrected chi connectivity index (χ3v) is 3.30. The maximum atomic E-state index is 9.52. The van der Waals surface area contributed by atoms with Crippen LogP contribution in [0.5, 0.6) is 11.5 Å². The molecule has 0 saturated heterocycles. The molecule has 0 aliphatic rings. The quantitative estimate of drug-likeness (QED) is 0.843. The molecule has 0 saturated carbocycles. The van der Waals surface area contributed by atoms with Crippen molar-refractivity contribution in [3.63, 3.8) is 0 Å². The summed E-state index contributed by atoms with van der Waals surface area (Å²) in [6.07, 6.45) is 0. The summed E-state index contributed by atoms with van der Waals surface area (Å²) in [4.78, 5) is 2.33. The molecule has 2 aromatic carbocycles. The Balaban J connectivity index is 0.00000180. The predicted octanol–water partition coefficient (Wildman–Crippen LogP) is 3.51. The monoisotopic (exact) mass is 281 g/mol. The van der Waals surface area contributed by atoms with E-state index in [4.69, 9.17) is 0 Å². The molecule has 0 radical (unpaired) electrons. The minimum absolute atomic E-state index is 0. The lowest BCUT2D eigenvalue weighted by molar-refractivity contribution is 0.296. The zero-order valence-electron chi connectivity index (χ0n) is 11.3. The van der Waals surface area contributed by atoms with Crippen LogP contribution in [-0.4, -0.2) is 28.2 Å². The topological polar surface area (TPSA) is 43.7 Å². The van der Waals surface area contributed by atoms with Crippen molar-refractivity contribution in [1.29, 1.82) is 0 Å². The van der Waals surface area contributed by atoms with Crippen LogP contribution in [0.4, 0.5) is 0 Å². The second-order valence-corrected chi connectivity index (χ2v) is 4.48. The number of benzene rings is 2. The normalized spacial score (nSPS) is 10.7. The lowest BCUT2D eigenvalue weighted by atomic mass is 10.1. The highest BCUT2D eigenvalue weighted by molar-refractivity contribution is 5.86. The SMILES string of the molecule is CCN(CC)Cc1ccc2cc(O)c(O)cc2c1.Cl. The number of hydrogen-bond acceptors (Lipinski definition) is 3. The number of rotatable bonds is 4. The van der Waals surface area contributed by atoms with Crippen LogP contribution in [0, 0.1) is 0 Å². The molecular weight excluding hydrogens is 262 g/mol. The van der Waals surface area contributed by atoms with E-state index in [-0.39, 0.29) is 23.9 Å². The van der Waals surface area contributed by atoms with Gasteiger partial charge in [-0.2, -0.15) is 0 Å². The van der Waals surface area contributed by atoms with E-state index in [1.54, 1.807) is 12.1 Å². The zero-order valence-corrected chi connectivity index (χ0v) is 12.1. The number of halogens is 1. The van der Waals surface area contributed by atoms with E-state index in [1.807, 2.05) is 6.07 Å². The van der Waals surface area contributed by atoms with Crippen molar-refractivity contribution in [1.82, 2.24) is 4.90 Å². The molecule has 0 fully saturated rings. The van der Waals surface area contributed by atoms with Crippen molar-refractivity contribution < 1.29 is 10.2 Å². The van der Waals surface area contributed by atoms with Crippen molar-refractivity contribution in [3.8, 4) is 11.5 Å². The molecule has 0 unspecified atom stereocenters. The van der Waals surface area contributed by atoms with Crippen LogP contribution in [-0.2, 0) is 6.54 Å². The minimum atomic E-state index is -0.0704. The maximum Gasteiger partial charge on any atom is 0.158 e. The van der Waals surface area contributed by atoms with Crippen LogP contribution in [0.25, 0.3) is 10.8 Å². The van der Waals surface area contributed by atoms with Gasteiger partial charge in [-0.3, -0.25) is 4.90 Å². The van der Waals surface area contributed by atoms with Crippen LogP contribution < -0.4 is 0 Å². The molecule has 0 amide bonds. The van der Waals surface area contributed by atoms with Gasteiger partial charge in [0.15, 0.2) is 11.5 Å². The van der Waals surface area contributed by atoms with E-state index in [9.17, 15) is 10.2 Å². The van der Waals surface area contributed by atoms with Gasteiger partial charge < -0.3 is 10.2 Å². The van der Waals surface area contributed by atoms with Gasteiger partial charge in [-0.1, -0.05) is 26.0 Å². The Morgan fingerprint density at radius 1 is 0.895 bits per heavy atom. The third kappa shape index (κ3) is 3.52. The predicted molar refractivity (Wildman–Crippen MR) is 81.2 cm³/mol. The lowest BCUT2D eigenvalue weighted by Crippen LogP contribution is -2.21. The summed E-state index contributed by atoms with van der Waals surface area (Å²) >= 11 is 0. The molecule has 104 valence electrons. The van der Waals surface area contributed by atoms with Crippen molar-refractivity contribution >= 4 is 23.2 Å². The first-order valence-corrected chi connectivity index (χ1v) is 6.31. The highest BCUT2D eigenvalue weighted by atomic mass is 35.5. The first-order chi connectivity index (χ1) is 8.63. The number of fused-ring (bicyclic) bond motifs is 1. The second kappa shape index (κ2) is 6.64. The fourth-order valence-corrected chi connectivity index (χ4v) is 2.13. The average Bonchev–Trinajstić information content (AvgIpc) is 2.37. The van der Waals surface area contributed by atoms with Gasteiger partial charge in [-0.25, -0.2) is 0 Å². The van der Waals surface area contributed by atoms with E-state index < -0.39 is 0 Å². The number of phenolic OH excluding ortho intramolecular Hbond substituents is 2. The molecule has 0 bridgehead atoms. The number of aromatic hydroxyl groups is 2. The molecule has 0 aromatic heterocycles. The van der Waals surface area contributed by atoms with E-state index in [2.05, 4.69) is 30.9 Å². The largest absolute Gasteiger partial charge is 0.504 e. The summed E-state index contributed by atoms with van der Waals surface area (Å²) in [6, 6.07) is 9.31. The van der Waals surface area contributed by atoms with Gasteiger partial charge in [0.05, 0.1) is 0 Å². The fraction of sp³-hybridized carbons (Fsp3) is 0.333.